The third kappa shape index (κ3) is 4.46. The van der Waals surface area contributed by atoms with E-state index in [0.29, 0.717) is 0 Å². The van der Waals surface area contributed by atoms with Crippen LogP contribution in [0, 0.1) is 6.92 Å². The Bertz CT molecular complexity index is 833. The fourth-order valence-corrected chi connectivity index (χ4v) is 3.90. The van der Waals surface area contributed by atoms with E-state index in [2.05, 4.69) is 87.6 Å². The Morgan fingerprint density at radius 3 is 2.19 bits per heavy atom. The minimum Gasteiger partial charge on any atom is -0.300 e. The van der Waals surface area contributed by atoms with Crippen LogP contribution in [0.2, 0.25) is 0 Å². The van der Waals surface area contributed by atoms with Crippen LogP contribution in [0.4, 0.5) is 0 Å². The Kier molecular flexibility index (Phi) is 5.66. The molecule has 3 aromatic rings. The largest absolute Gasteiger partial charge is 0.300 e. The lowest BCUT2D eigenvalue weighted by Crippen LogP contribution is -2.46. The van der Waals surface area contributed by atoms with E-state index in [1.54, 1.807) is 0 Å². The molecule has 140 valence electrons. The van der Waals surface area contributed by atoms with Crippen LogP contribution >= 0.6 is 0 Å². The van der Waals surface area contributed by atoms with Gasteiger partial charge in [0.1, 0.15) is 0 Å². The number of aromatic nitrogens is 2. The van der Waals surface area contributed by atoms with Crippen LogP contribution in [0.15, 0.2) is 60.7 Å². The number of benzene rings is 2. The van der Waals surface area contributed by atoms with E-state index in [9.17, 15) is 0 Å². The Morgan fingerprint density at radius 2 is 1.48 bits per heavy atom. The number of aromatic amines is 1. The molecule has 4 rings (SSSR count). The van der Waals surface area contributed by atoms with E-state index in [4.69, 9.17) is 0 Å². The predicted octanol–water partition coefficient (Wildman–Crippen LogP) is 3.75. The lowest BCUT2D eigenvalue weighted by molar-refractivity contribution is 0.127. The number of nitrogens with one attached hydrogen (secondary N) is 1. The summed E-state index contributed by atoms with van der Waals surface area (Å²) in [5.41, 5.74) is 6.26. The van der Waals surface area contributed by atoms with Gasteiger partial charge in [-0.15, -0.1) is 0 Å². The van der Waals surface area contributed by atoms with Crippen molar-refractivity contribution in [1.29, 1.82) is 0 Å². The van der Waals surface area contributed by atoms with Crippen LogP contribution in [-0.4, -0.2) is 52.7 Å². The van der Waals surface area contributed by atoms with Gasteiger partial charge in [-0.1, -0.05) is 60.7 Å². The van der Waals surface area contributed by atoms with Gasteiger partial charge in [0, 0.05) is 50.5 Å². The highest BCUT2D eigenvalue weighted by molar-refractivity contribution is 5.68. The third-order valence-corrected chi connectivity index (χ3v) is 5.48. The maximum absolute atomic E-state index is 4.60. The Hall–Kier alpha value is -2.43. The van der Waals surface area contributed by atoms with Gasteiger partial charge in [0.25, 0.3) is 0 Å². The van der Waals surface area contributed by atoms with Gasteiger partial charge in [0.15, 0.2) is 0 Å². The van der Waals surface area contributed by atoms with E-state index in [1.165, 1.54) is 16.7 Å². The van der Waals surface area contributed by atoms with Crippen LogP contribution in [0.1, 0.15) is 17.0 Å². The quantitative estimate of drug-likeness (QED) is 0.727. The number of nitrogens with zero attached hydrogens (tertiary/aromatic N) is 3. The summed E-state index contributed by atoms with van der Waals surface area (Å²) in [5, 5.41) is 7.79. The monoisotopic (exact) mass is 360 g/mol. The molecule has 0 saturated carbocycles. The lowest BCUT2D eigenvalue weighted by Gasteiger charge is -2.34. The van der Waals surface area contributed by atoms with Gasteiger partial charge in [0.2, 0.25) is 0 Å². The van der Waals surface area contributed by atoms with Crippen molar-refractivity contribution in [2.75, 3.05) is 32.7 Å². The van der Waals surface area contributed by atoms with Crippen LogP contribution in [-0.2, 0) is 13.0 Å². The zero-order valence-electron chi connectivity index (χ0n) is 16.1. The lowest BCUT2D eigenvalue weighted by atomic mass is 10.0. The van der Waals surface area contributed by atoms with Crippen molar-refractivity contribution in [2.24, 2.45) is 0 Å². The third-order valence-electron chi connectivity index (χ3n) is 5.48. The molecule has 2 heterocycles. The van der Waals surface area contributed by atoms with Gasteiger partial charge in [0.05, 0.1) is 5.69 Å². The minimum absolute atomic E-state index is 0.918. The Morgan fingerprint density at radius 1 is 0.852 bits per heavy atom. The molecule has 1 saturated heterocycles. The second-order valence-electron chi connectivity index (χ2n) is 7.39. The fourth-order valence-electron chi connectivity index (χ4n) is 3.90. The molecule has 0 spiro atoms. The summed E-state index contributed by atoms with van der Waals surface area (Å²) in [6, 6.07) is 21.4. The Balaban J connectivity index is 1.32. The number of H-pyrrole nitrogens is 1. The van der Waals surface area contributed by atoms with Crippen molar-refractivity contribution in [1.82, 2.24) is 20.0 Å². The number of aryl methyl sites for hydroxylation is 1. The molecule has 0 radical (unpaired) electrons. The van der Waals surface area contributed by atoms with Crippen molar-refractivity contribution in [3.8, 4) is 11.1 Å². The zero-order valence-corrected chi connectivity index (χ0v) is 16.1. The molecule has 0 amide bonds. The summed E-state index contributed by atoms with van der Waals surface area (Å²) in [6.45, 7) is 8.66. The van der Waals surface area contributed by atoms with Gasteiger partial charge in [-0.2, -0.15) is 5.10 Å². The second kappa shape index (κ2) is 8.51. The normalized spacial score (nSPS) is 15.9. The first-order valence-electron chi connectivity index (χ1n) is 9.87. The van der Waals surface area contributed by atoms with Crippen molar-refractivity contribution < 1.29 is 0 Å². The summed E-state index contributed by atoms with van der Waals surface area (Å²) in [5.74, 6) is 0. The molecule has 0 aliphatic carbocycles. The number of hydrogen-bond acceptors (Lipinski definition) is 3. The van der Waals surface area contributed by atoms with Crippen LogP contribution in [0.5, 0.6) is 0 Å². The highest BCUT2D eigenvalue weighted by Crippen LogP contribution is 2.26. The van der Waals surface area contributed by atoms with Gasteiger partial charge in [-0.3, -0.25) is 10.00 Å². The highest BCUT2D eigenvalue weighted by atomic mass is 15.3. The van der Waals surface area contributed by atoms with Crippen molar-refractivity contribution >= 4 is 0 Å². The van der Waals surface area contributed by atoms with E-state index in [0.717, 1.165) is 57.1 Å². The van der Waals surface area contributed by atoms with Crippen LogP contribution in [0.3, 0.4) is 0 Å². The average Bonchev–Trinajstić information content (AvgIpc) is 3.09. The molecule has 2 aromatic carbocycles. The number of hydrogen-bond donors (Lipinski definition) is 1. The first kappa shape index (κ1) is 18.0. The molecule has 1 aromatic heterocycles. The molecule has 1 aliphatic heterocycles. The molecular formula is C23H28N4. The summed E-state index contributed by atoms with van der Waals surface area (Å²) in [4.78, 5) is 5.11. The van der Waals surface area contributed by atoms with E-state index in [1.807, 2.05) is 0 Å². The van der Waals surface area contributed by atoms with Crippen molar-refractivity contribution in [2.45, 2.75) is 19.9 Å². The van der Waals surface area contributed by atoms with Crippen molar-refractivity contribution in [3.63, 3.8) is 0 Å². The molecule has 4 nitrogen and oxygen atoms in total. The first-order valence-corrected chi connectivity index (χ1v) is 9.87. The van der Waals surface area contributed by atoms with E-state index in [-0.39, 0.29) is 0 Å². The van der Waals surface area contributed by atoms with Gasteiger partial charge < -0.3 is 4.90 Å². The van der Waals surface area contributed by atoms with Gasteiger partial charge in [-0.25, -0.2) is 0 Å². The predicted molar refractivity (Wildman–Crippen MR) is 111 cm³/mol. The standard InChI is InChI=1S/C23H28N4/c1-19-23(21-10-6-3-7-11-21)22(25-24-19)18-27-16-14-26(15-17-27)13-12-20-8-4-2-5-9-20/h2-11H,12-18H2,1H3,(H,24,25). The molecule has 1 aliphatic rings. The minimum atomic E-state index is 0.918. The first-order chi connectivity index (χ1) is 13.3. The zero-order chi connectivity index (χ0) is 18.5. The molecule has 1 N–H and O–H groups in total. The fraction of sp³-hybridized carbons (Fsp3) is 0.348. The number of rotatable bonds is 6. The smallest absolute Gasteiger partial charge is 0.0843 e. The molecule has 0 unspecified atom stereocenters. The molecule has 27 heavy (non-hydrogen) atoms. The highest BCUT2D eigenvalue weighted by Gasteiger charge is 2.20. The average molecular weight is 361 g/mol. The maximum Gasteiger partial charge on any atom is 0.0843 e. The van der Waals surface area contributed by atoms with E-state index < -0.39 is 0 Å². The molecule has 4 heteroatoms. The molecule has 0 bridgehead atoms. The van der Waals surface area contributed by atoms with Crippen LogP contribution < -0.4 is 0 Å². The topological polar surface area (TPSA) is 35.2 Å². The maximum atomic E-state index is 4.60. The van der Waals surface area contributed by atoms with Gasteiger partial charge >= 0.3 is 0 Å². The summed E-state index contributed by atoms with van der Waals surface area (Å²) in [6.07, 6.45) is 1.14. The van der Waals surface area contributed by atoms with Crippen molar-refractivity contribution in [3.05, 3.63) is 77.6 Å². The SMILES string of the molecule is Cc1[nH]nc(CN2CCN(CCc3ccccc3)CC2)c1-c1ccccc1. The van der Waals surface area contributed by atoms with Gasteiger partial charge in [-0.05, 0) is 24.5 Å². The summed E-state index contributed by atoms with van der Waals surface area (Å²) in [7, 11) is 0. The Labute approximate surface area is 161 Å². The molecule has 0 atom stereocenters. The summed E-state index contributed by atoms with van der Waals surface area (Å²) < 4.78 is 0. The van der Waals surface area contributed by atoms with Crippen LogP contribution in [0.25, 0.3) is 11.1 Å². The molecule has 1 fully saturated rings. The molecular weight excluding hydrogens is 332 g/mol. The van der Waals surface area contributed by atoms with E-state index >= 15 is 0 Å². The second-order valence-corrected chi connectivity index (χ2v) is 7.39. The summed E-state index contributed by atoms with van der Waals surface area (Å²) >= 11 is 0. The number of piperazine rings is 1.